The van der Waals surface area contributed by atoms with Crippen LogP contribution in [0.1, 0.15) is 54.4 Å². The third kappa shape index (κ3) is 22.1. The van der Waals surface area contributed by atoms with Crippen LogP contribution >= 0.6 is 0 Å². The summed E-state index contributed by atoms with van der Waals surface area (Å²) in [6.45, 7) is 10.7. The maximum atomic E-state index is 10.8. The van der Waals surface area contributed by atoms with Gasteiger partial charge in [-0.25, -0.2) is 4.79 Å². The topological polar surface area (TPSA) is 95.7 Å². The van der Waals surface area contributed by atoms with Crippen molar-refractivity contribution in [3.8, 4) is 0 Å². The van der Waals surface area contributed by atoms with Gasteiger partial charge in [-0.3, -0.25) is 4.79 Å². The van der Waals surface area contributed by atoms with Gasteiger partial charge in [0.05, 0.1) is 6.42 Å². The van der Waals surface area contributed by atoms with E-state index in [1.807, 2.05) is 0 Å². The molecule has 0 atom stereocenters. The summed E-state index contributed by atoms with van der Waals surface area (Å²) in [5.74, 6) is -0.315. The summed E-state index contributed by atoms with van der Waals surface area (Å²) in [7, 11) is 0. The van der Waals surface area contributed by atoms with Gasteiger partial charge in [0.1, 0.15) is 17.5 Å². The maximum Gasteiger partial charge on any atom is 0.405 e. The minimum absolute atomic E-state index is 0.181. The van der Waals surface area contributed by atoms with Crippen molar-refractivity contribution in [2.45, 2.75) is 65.6 Å². The summed E-state index contributed by atoms with van der Waals surface area (Å²) in [6, 6.07) is 0. The Morgan fingerprint density at radius 1 is 1.00 bits per heavy atom. The van der Waals surface area contributed by atoms with Crippen LogP contribution in [0.25, 0.3) is 0 Å². The zero-order valence-electron chi connectivity index (χ0n) is 12.6. The summed E-state index contributed by atoms with van der Waals surface area (Å²) >= 11 is 0. The van der Waals surface area contributed by atoms with Gasteiger partial charge in [0.2, 0.25) is 0 Å². The first-order valence-electron chi connectivity index (χ1n) is 6.01. The predicted molar refractivity (Wildman–Crippen MR) is 71.6 cm³/mol. The van der Waals surface area contributed by atoms with Crippen LogP contribution in [0.4, 0.5) is 4.79 Å². The van der Waals surface area contributed by atoms with E-state index in [1.54, 1.807) is 41.5 Å². The summed E-state index contributed by atoms with van der Waals surface area (Å²) in [4.78, 5) is 30.7. The van der Waals surface area contributed by atoms with Crippen LogP contribution in [0.15, 0.2) is 0 Å². The molecule has 0 saturated heterocycles. The van der Waals surface area contributed by atoms with E-state index in [0.717, 1.165) is 0 Å². The minimum Gasteiger partial charge on any atom is -0.460 e. The van der Waals surface area contributed by atoms with Crippen molar-refractivity contribution in [1.29, 1.82) is 0 Å². The Hall–Kier alpha value is -1.59. The summed E-state index contributed by atoms with van der Waals surface area (Å²) in [5.41, 5.74) is 3.82. The van der Waals surface area contributed by atoms with Crippen LogP contribution in [0.5, 0.6) is 0 Å². The van der Waals surface area contributed by atoms with Crippen molar-refractivity contribution in [2.24, 2.45) is 5.73 Å². The molecule has 0 aliphatic rings. The highest BCUT2D eigenvalue weighted by Crippen LogP contribution is 2.08. The second-order valence-electron chi connectivity index (χ2n) is 5.83. The molecule has 0 rings (SSSR count). The molecule has 0 aliphatic heterocycles. The monoisotopic (exact) mass is 275 g/mol. The van der Waals surface area contributed by atoms with E-state index < -0.39 is 17.3 Å². The van der Waals surface area contributed by atoms with E-state index in [4.69, 9.17) is 10.5 Å². The molecule has 0 aromatic rings. The molecule has 6 nitrogen and oxygen atoms in total. The van der Waals surface area contributed by atoms with Crippen molar-refractivity contribution < 1.29 is 23.9 Å². The molecule has 6 heteroatoms. The van der Waals surface area contributed by atoms with Gasteiger partial charge < -0.3 is 20.0 Å². The first kappa shape index (κ1) is 19.7. The highest BCUT2D eigenvalue weighted by Gasteiger charge is 2.15. The van der Waals surface area contributed by atoms with Gasteiger partial charge in [-0.05, 0) is 41.5 Å². The molecule has 0 aromatic carbocycles. The van der Waals surface area contributed by atoms with Crippen LogP contribution in [0.3, 0.4) is 0 Å². The Kier molecular flexibility index (Phi) is 8.83. The van der Waals surface area contributed by atoms with Gasteiger partial charge in [-0.15, -0.1) is 0 Å². The third-order valence-corrected chi connectivity index (χ3v) is 1.29. The second kappa shape index (κ2) is 8.50. The number of ether oxygens (including phenoxy) is 2. The fourth-order valence-electron chi connectivity index (χ4n) is 0.871. The summed E-state index contributed by atoms with van der Waals surface area (Å²) in [6.07, 6.45) is 0.414. The van der Waals surface area contributed by atoms with Gasteiger partial charge in [-0.2, -0.15) is 0 Å². The van der Waals surface area contributed by atoms with Crippen molar-refractivity contribution in [1.82, 2.24) is 0 Å². The first-order valence-corrected chi connectivity index (χ1v) is 6.01. The molecule has 0 heterocycles. The number of aldehydes is 1. The quantitative estimate of drug-likeness (QED) is 0.629. The van der Waals surface area contributed by atoms with E-state index in [-0.39, 0.29) is 18.8 Å². The van der Waals surface area contributed by atoms with Gasteiger partial charge in [0.15, 0.2) is 0 Å². The zero-order chi connectivity index (χ0) is 15.7. The number of nitrogens with two attached hydrogens (primary N) is 1. The largest absolute Gasteiger partial charge is 0.460 e. The maximum absolute atomic E-state index is 10.8. The lowest BCUT2D eigenvalue weighted by molar-refractivity contribution is -0.155. The van der Waals surface area contributed by atoms with Crippen molar-refractivity contribution >= 4 is 18.3 Å². The normalized spacial score (nSPS) is 10.8. The molecule has 0 unspecified atom stereocenters. The molecule has 1 amide bonds. The fourth-order valence-corrected chi connectivity index (χ4v) is 0.871. The third-order valence-electron chi connectivity index (χ3n) is 1.29. The molecular weight excluding hydrogens is 250 g/mol. The molecule has 0 bridgehead atoms. The Morgan fingerprint density at radius 2 is 1.42 bits per heavy atom. The van der Waals surface area contributed by atoms with E-state index in [9.17, 15) is 14.4 Å². The number of rotatable bonds is 3. The Bertz CT molecular complexity index is 299. The van der Waals surface area contributed by atoms with Crippen molar-refractivity contribution in [2.75, 3.05) is 0 Å². The molecule has 112 valence electrons. The molecule has 19 heavy (non-hydrogen) atoms. The van der Waals surface area contributed by atoms with Crippen LogP contribution in [0.2, 0.25) is 0 Å². The van der Waals surface area contributed by atoms with E-state index in [1.165, 1.54) is 0 Å². The number of esters is 1. The highest BCUT2D eigenvalue weighted by molar-refractivity contribution is 5.72. The molecule has 0 radical (unpaired) electrons. The second-order valence-corrected chi connectivity index (χ2v) is 5.83. The summed E-state index contributed by atoms with van der Waals surface area (Å²) < 4.78 is 9.52. The van der Waals surface area contributed by atoms with E-state index >= 15 is 0 Å². The number of hydrogen-bond acceptors (Lipinski definition) is 5. The van der Waals surface area contributed by atoms with Crippen LogP contribution < -0.4 is 5.73 Å². The molecular formula is C13H25NO5. The number of primary amides is 1. The van der Waals surface area contributed by atoms with Crippen LogP contribution in [0, 0.1) is 0 Å². The standard InChI is InChI=1S/C8H14O3.C5H11NO2/c1-8(2,3)11-7(10)5-4-6-9;1-5(2,3)8-4(6)7/h6H,4-5H2,1-3H3;1-3H3,(H2,6,7). The molecule has 2 N–H and O–H groups in total. The lowest BCUT2D eigenvalue weighted by Gasteiger charge is -2.18. The predicted octanol–water partition coefficient (Wildman–Crippen LogP) is 2.19. The SMILES string of the molecule is CC(C)(C)OC(=O)CCC=O.CC(C)(C)OC(N)=O. The Balaban J connectivity index is 0. The average Bonchev–Trinajstić information content (AvgIpc) is 2.08. The molecule has 0 fully saturated rings. The van der Waals surface area contributed by atoms with Gasteiger partial charge in [-0.1, -0.05) is 0 Å². The van der Waals surface area contributed by atoms with Crippen molar-refractivity contribution in [3.05, 3.63) is 0 Å². The summed E-state index contributed by atoms with van der Waals surface area (Å²) in [5, 5.41) is 0. The zero-order valence-corrected chi connectivity index (χ0v) is 12.6. The van der Waals surface area contributed by atoms with Crippen LogP contribution in [-0.2, 0) is 19.1 Å². The number of carbonyl (C=O) groups is 3. The van der Waals surface area contributed by atoms with Crippen LogP contribution in [-0.4, -0.2) is 29.6 Å². The number of carbonyl (C=O) groups excluding carboxylic acids is 3. The lowest BCUT2D eigenvalue weighted by Crippen LogP contribution is -2.27. The van der Waals surface area contributed by atoms with Crippen molar-refractivity contribution in [3.63, 3.8) is 0 Å². The molecule has 0 aromatic heterocycles. The minimum atomic E-state index is -0.725. The Labute approximate surface area is 114 Å². The smallest absolute Gasteiger partial charge is 0.405 e. The molecule has 0 aliphatic carbocycles. The highest BCUT2D eigenvalue weighted by atomic mass is 16.6. The molecule has 0 spiro atoms. The van der Waals surface area contributed by atoms with E-state index in [0.29, 0.717) is 6.29 Å². The number of amides is 1. The fraction of sp³-hybridized carbons (Fsp3) is 0.769. The average molecular weight is 275 g/mol. The first-order chi connectivity index (χ1) is 8.37. The van der Waals surface area contributed by atoms with E-state index in [2.05, 4.69) is 4.74 Å². The van der Waals surface area contributed by atoms with Gasteiger partial charge in [0.25, 0.3) is 0 Å². The van der Waals surface area contributed by atoms with Gasteiger partial charge in [0, 0.05) is 6.42 Å². The molecule has 0 saturated carbocycles. The Morgan fingerprint density at radius 3 is 1.63 bits per heavy atom. The number of hydrogen-bond donors (Lipinski definition) is 1. The van der Waals surface area contributed by atoms with Gasteiger partial charge >= 0.3 is 12.1 Å². The lowest BCUT2D eigenvalue weighted by atomic mass is 10.2.